The van der Waals surface area contributed by atoms with E-state index in [4.69, 9.17) is 10.2 Å². The lowest BCUT2D eigenvalue weighted by Crippen LogP contribution is -2.63. The van der Waals surface area contributed by atoms with Gasteiger partial charge < -0.3 is 10.2 Å². The first-order valence-corrected chi connectivity index (χ1v) is 5.78. The summed E-state index contributed by atoms with van der Waals surface area (Å²) in [5.74, 6) is -30.2. The minimum absolute atomic E-state index is 1.05. The molecule has 12 heteroatoms. The number of aliphatic carboxylic acids is 2. The fourth-order valence-corrected chi connectivity index (χ4v) is 1.32. The molecule has 0 heterocycles. The molecule has 0 radical (unpaired) electrons. The molecule has 4 nitrogen and oxygen atoms in total. The topological polar surface area (TPSA) is 74.6 Å². The van der Waals surface area contributed by atoms with E-state index in [2.05, 4.69) is 6.58 Å². The number of halogens is 8. The zero-order valence-electron chi connectivity index (χ0n) is 11.6. The zero-order chi connectivity index (χ0) is 19.7. The van der Waals surface area contributed by atoms with Crippen molar-refractivity contribution in [1.82, 2.24) is 0 Å². The molecule has 0 saturated heterocycles. The molecule has 138 valence electrons. The molecule has 0 aliphatic rings. The van der Waals surface area contributed by atoms with Crippen molar-refractivity contribution in [3.8, 4) is 0 Å². The van der Waals surface area contributed by atoms with E-state index in [9.17, 15) is 44.7 Å². The quantitative estimate of drug-likeness (QED) is 0.481. The Morgan fingerprint density at radius 1 is 0.792 bits per heavy atom. The Morgan fingerprint density at radius 3 is 1.54 bits per heavy atom. The van der Waals surface area contributed by atoms with Crippen LogP contribution in [0.1, 0.15) is 12.8 Å². The van der Waals surface area contributed by atoms with Gasteiger partial charge >= 0.3 is 35.6 Å². The van der Waals surface area contributed by atoms with Gasteiger partial charge in [0, 0.05) is 12.0 Å². The van der Waals surface area contributed by atoms with Crippen LogP contribution in [0.4, 0.5) is 35.1 Å². The van der Waals surface area contributed by atoms with Gasteiger partial charge in [-0.05, 0) is 6.42 Å². The fourth-order valence-electron chi connectivity index (χ4n) is 1.32. The first kappa shape index (κ1) is 21.9. The fraction of sp³-hybridized carbons (Fsp3) is 0.500. The second kappa shape index (κ2) is 6.40. The first-order chi connectivity index (χ1) is 10.4. The van der Waals surface area contributed by atoms with Crippen molar-refractivity contribution >= 4 is 11.9 Å². The highest BCUT2D eigenvalue weighted by molar-refractivity contribution is 5.88. The molecule has 0 fully saturated rings. The molecule has 0 aliphatic carbocycles. The first-order valence-electron chi connectivity index (χ1n) is 5.78. The maximum absolute atomic E-state index is 13.4. The summed E-state index contributed by atoms with van der Waals surface area (Å²) in [7, 11) is 0. The lowest BCUT2D eigenvalue weighted by Gasteiger charge is -2.36. The Bertz CT molecular complexity index is 567. The minimum atomic E-state index is -6.82. The Morgan fingerprint density at radius 2 is 1.21 bits per heavy atom. The SMILES string of the molecule is C=C(CCC(F)(F)C(F)(F)C(F)(F)C(F)(F)C(=C)C(=O)O)C(=O)O. The molecule has 0 aliphatic heterocycles. The van der Waals surface area contributed by atoms with E-state index in [1.807, 2.05) is 6.58 Å². The molecule has 24 heavy (non-hydrogen) atoms. The third-order valence-corrected chi connectivity index (χ3v) is 2.93. The van der Waals surface area contributed by atoms with Crippen LogP contribution in [-0.4, -0.2) is 45.8 Å². The molecule has 0 spiro atoms. The molecule has 0 unspecified atom stereocenters. The summed E-state index contributed by atoms with van der Waals surface area (Å²) < 4.78 is 107. The zero-order valence-corrected chi connectivity index (χ0v) is 11.6. The van der Waals surface area contributed by atoms with Crippen molar-refractivity contribution in [2.24, 2.45) is 0 Å². The van der Waals surface area contributed by atoms with Gasteiger partial charge in [-0.3, -0.25) is 0 Å². The lowest BCUT2D eigenvalue weighted by molar-refractivity contribution is -0.358. The number of rotatable bonds is 9. The smallest absolute Gasteiger partial charge is 0.382 e. The third-order valence-electron chi connectivity index (χ3n) is 2.93. The van der Waals surface area contributed by atoms with Gasteiger partial charge in [0.25, 0.3) is 0 Å². The maximum atomic E-state index is 13.4. The number of carboxylic acid groups (broad SMARTS) is 2. The van der Waals surface area contributed by atoms with Crippen molar-refractivity contribution in [1.29, 1.82) is 0 Å². The van der Waals surface area contributed by atoms with Gasteiger partial charge in [-0.2, -0.15) is 35.1 Å². The average molecular weight is 370 g/mol. The minimum Gasteiger partial charge on any atom is -0.478 e. The Hall–Kier alpha value is -2.14. The van der Waals surface area contributed by atoms with Gasteiger partial charge in [0.2, 0.25) is 0 Å². The van der Waals surface area contributed by atoms with Crippen LogP contribution in [0.25, 0.3) is 0 Å². The van der Waals surface area contributed by atoms with Crippen LogP contribution in [0.5, 0.6) is 0 Å². The summed E-state index contributed by atoms with van der Waals surface area (Å²) in [6, 6.07) is 0. The van der Waals surface area contributed by atoms with E-state index in [0.717, 1.165) is 0 Å². The van der Waals surface area contributed by atoms with Gasteiger partial charge in [-0.15, -0.1) is 0 Å². The number of alkyl halides is 8. The Labute approximate surface area is 129 Å². The molecule has 0 amide bonds. The van der Waals surface area contributed by atoms with Crippen molar-refractivity contribution in [2.45, 2.75) is 36.5 Å². The highest BCUT2D eigenvalue weighted by Gasteiger charge is 2.81. The largest absolute Gasteiger partial charge is 0.478 e. The Kier molecular flexibility index (Phi) is 5.83. The van der Waals surface area contributed by atoms with Crippen LogP contribution in [0, 0.1) is 0 Å². The summed E-state index contributed by atoms with van der Waals surface area (Å²) in [4.78, 5) is 20.5. The highest BCUT2D eigenvalue weighted by Crippen LogP contribution is 2.55. The number of hydrogen-bond donors (Lipinski definition) is 2. The average Bonchev–Trinajstić information content (AvgIpc) is 2.42. The van der Waals surface area contributed by atoms with Crippen LogP contribution < -0.4 is 0 Å². The maximum Gasteiger partial charge on any atom is 0.382 e. The summed E-state index contributed by atoms with van der Waals surface area (Å²) >= 11 is 0. The standard InChI is InChI=1S/C12H10F8O4/c1-5(7(21)22)3-4-9(13,14)11(17,18)12(19,20)10(15,16)6(2)8(23)24/h1-4H2,(H,21,22)(H,23,24). The molecule has 0 aromatic rings. The predicted octanol–water partition coefficient (Wildman–Crippen LogP) is 3.59. The molecule has 0 aromatic heterocycles. The summed E-state index contributed by atoms with van der Waals surface area (Å²) in [5.41, 5.74) is -3.76. The van der Waals surface area contributed by atoms with Crippen LogP contribution in [-0.2, 0) is 9.59 Å². The number of hydrogen-bond acceptors (Lipinski definition) is 2. The van der Waals surface area contributed by atoms with Crippen molar-refractivity contribution in [3.05, 3.63) is 24.3 Å². The van der Waals surface area contributed by atoms with Gasteiger partial charge in [-0.1, -0.05) is 13.2 Å². The molecule has 0 atom stereocenters. The molecule has 0 saturated carbocycles. The van der Waals surface area contributed by atoms with Crippen molar-refractivity contribution in [2.75, 3.05) is 0 Å². The molecular formula is C12H10F8O4. The van der Waals surface area contributed by atoms with Crippen molar-refractivity contribution < 1.29 is 54.9 Å². The van der Waals surface area contributed by atoms with Crippen LogP contribution in [0.2, 0.25) is 0 Å². The molecule has 0 rings (SSSR count). The van der Waals surface area contributed by atoms with Gasteiger partial charge in [0.15, 0.2) is 0 Å². The van der Waals surface area contributed by atoms with Gasteiger partial charge in [0.1, 0.15) is 5.57 Å². The summed E-state index contributed by atoms with van der Waals surface area (Å²) in [5, 5.41) is 16.5. The molecule has 0 bridgehead atoms. The molecular weight excluding hydrogens is 360 g/mol. The summed E-state index contributed by atoms with van der Waals surface area (Å²) in [6.07, 6.45) is -3.64. The van der Waals surface area contributed by atoms with E-state index in [-0.39, 0.29) is 0 Å². The predicted molar refractivity (Wildman–Crippen MR) is 62.6 cm³/mol. The van der Waals surface area contributed by atoms with Gasteiger partial charge in [0.05, 0.1) is 0 Å². The second-order valence-electron chi connectivity index (χ2n) is 4.62. The van der Waals surface area contributed by atoms with Gasteiger partial charge in [-0.25, -0.2) is 9.59 Å². The number of carboxylic acids is 2. The summed E-state index contributed by atoms with van der Waals surface area (Å²) in [6.45, 7) is 4.68. The highest BCUT2D eigenvalue weighted by atomic mass is 19.4. The monoisotopic (exact) mass is 370 g/mol. The van der Waals surface area contributed by atoms with E-state index in [0.29, 0.717) is 0 Å². The van der Waals surface area contributed by atoms with Crippen molar-refractivity contribution in [3.63, 3.8) is 0 Å². The normalized spacial score (nSPS) is 13.5. The third kappa shape index (κ3) is 3.51. The lowest BCUT2D eigenvalue weighted by atomic mass is 9.91. The second-order valence-corrected chi connectivity index (χ2v) is 4.62. The van der Waals surface area contributed by atoms with E-state index < -0.39 is 59.6 Å². The van der Waals surface area contributed by atoms with Crippen LogP contribution >= 0.6 is 0 Å². The Balaban J connectivity index is 5.74. The van der Waals surface area contributed by atoms with Crippen LogP contribution in [0.15, 0.2) is 24.3 Å². The number of carbonyl (C=O) groups is 2. The van der Waals surface area contributed by atoms with E-state index in [1.165, 1.54) is 0 Å². The van der Waals surface area contributed by atoms with E-state index >= 15 is 0 Å². The molecule has 2 N–H and O–H groups in total. The van der Waals surface area contributed by atoms with Crippen LogP contribution in [0.3, 0.4) is 0 Å². The molecule has 0 aromatic carbocycles. The van der Waals surface area contributed by atoms with E-state index in [1.54, 1.807) is 0 Å².